The number of nitrogens with one attached hydrogen (secondary N) is 1. The van der Waals surface area contributed by atoms with Crippen molar-refractivity contribution in [1.82, 2.24) is 14.9 Å². The summed E-state index contributed by atoms with van der Waals surface area (Å²) in [4.78, 5) is 31.6. The molecule has 4 heterocycles. The summed E-state index contributed by atoms with van der Waals surface area (Å²) in [6.45, 7) is 1.18. The molecule has 1 saturated heterocycles. The van der Waals surface area contributed by atoms with E-state index in [4.69, 9.17) is 4.42 Å². The number of hydrogen-bond acceptors (Lipinski definition) is 5. The summed E-state index contributed by atoms with van der Waals surface area (Å²) in [5.41, 5.74) is 2.10. The molecule has 128 valence electrons. The quantitative estimate of drug-likeness (QED) is 0.582. The lowest BCUT2D eigenvalue weighted by Gasteiger charge is -2.31. The molecule has 0 spiro atoms. The van der Waals surface area contributed by atoms with Gasteiger partial charge in [-0.25, -0.2) is 4.98 Å². The Hall–Kier alpha value is -3.16. The van der Waals surface area contributed by atoms with Crippen molar-refractivity contribution in [1.29, 1.82) is 0 Å². The summed E-state index contributed by atoms with van der Waals surface area (Å²) in [7, 11) is 0. The number of nitrogens with zero attached hydrogens (tertiary/aromatic N) is 3. The Labute approximate surface area is 142 Å². The van der Waals surface area contributed by atoms with Gasteiger partial charge in [-0.3, -0.25) is 14.9 Å². The second-order valence-electron chi connectivity index (χ2n) is 6.11. The van der Waals surface area contributed by atoms with Crippen LogP contribution >= 0.6 is 0 Å². The van der Waals surface area contributed by atoms with Crippen LogP contribution in [0, 0.1) is 10.1 Å². The van der Waals surface area contributed by atoms with Crippen molar-refractivity contribution in [2.75, 3.05) is 13.1 Å². The highest BCUT2D eigenvalue weighted by molar-refractivity contribution is 5.91. The van der Waals surface area contributed by atoms with Gasteiger partial charge >= 0.3 is 5.88 Å². The molecule has 8 nitrogen and oxygen atoms in total. The third kappa shape index (κ3) is 2.75. The Kier molecular flexibility index (Phi) is 3.72. The van der Waals surface area contributed by atoms with Gasteiger partial charge < -0.3 is 14.3 Å². The van der Waals surface area contributed by atoms with Gasteiger partial charge in [-0.05, 0) is 42.5 Å². The number of piperidine rings is 1. The molecule has 1 amide bonds. The molecule has 3 aromatic heterocycles. The summed E-state index contributed by atoms with van der Waals surface area (Å²) in [6, 6.07) is 6.53. The molecule has 0 aliphatic carbocycles. The largest absolute Gasteiger partial charge is 0.433 e. The fourth-order valence-corrected chi connectivity index (χ4v) is 3.41. The fraction of sp³-hybridized carbons (Fsp3) is 0.294. The van der Waals surface area contributed by atoms with Crippen LogP contribution in [0.1, 0.15) is 34.9 Å². The number of aromatic nitrogens is 2. The van der Waals surface area contributed by atoms with Crippen molar-refractivity contribution >= 4 is 22.8 Å². The van der Waals surface area contributed by atoms with E-state index in [0.717, 1.165) is 23.9 Å². The zero-order valence-electron chi connectivity index (χ0n) is 13.3. The number of pyridine rings is 1. The molecule has 0 radical (unpaired) electrons. The van der Waals surface area contributed by atoms with Crippen LogP contribution in [0.5, 0.6) is 0 Å². The lowest BCUT2D eigenvalue weighted by Crippen LogP contribution is -2.37. The SMILES string of the molecule is O=C(c1ccc([N+](=O)[O-])o1)N1CCC(c2c[nH]c3ncccc23)CC1. The number of furan rings is 1. The molecule has 8 heteroatoms. The molecule has 1 N–H and O–H groups in total. The predicted octanol–water partition coefficient (Wildman–Crippen LogP) is 3.08. The third-order valence-corrected chi connectivity index (χ3v) is 4.69. The number of carbonyl (C=O) groups excluding carboxylic acids is 1. The highest BCUT2D eigenvalue weighted by atomic mass is 16.6. The summed E-state index contributed by atoms with van der Waals surface area (Å²) in [5.74, 6) is -0.342. The Morgan fingerprint density at radius 2 is 2.12 bits per heavy atom. The second kappa shape index (κ2) is 6.04. The van der Waals surface area contributed by atoms with Crippen molar-refractivity contribution in [3.63, 3.8) is 0 Å². The molecular formula is C17H16N4O4. The Bertz CT molecular complexity index is 937. The minimum absolute atomic E-state index is 0.0152. The van der Waals surface area contributed by atoms with Crippen molar-refractivity contribution in [3.05, 3.63) is 58.1 Å². The number of hydrogen-bond donors (Lipinski definition) is 1. The van der Waals surface area contributed by atoms with Crippen LogP contribution in [-0.4, -0.2) is 38.8 Å². The van der Waals surface area contributed by atoms with Gasteiger partial charge in [-0.1, -0.05) is 0 Å². The van der Waals surface area contributed by atoms with Crippen LogP contribution in [0.2, 0.25) is 0 Å². The molecule has 0 bridgehead atoms. The molecule has 3 aromatic rings. The first-order chi connectivity index (χ1) is 12.1. The van der Waals surface area contributed by atoms with Gasteiger partial charge in [-0.2, -0.15) is 0 Å². The van der Waals surface area contributed by atoms with E-state index in [1.807, 2.05) is 18.3 Å². The molecule has 25 heavy (non-hydrogen) atoms. The lowest BCUT2D eigenvalue weighted by atomic mass is 9.89. The first-order valence-electron chi connectivity index (χ1n) is 8.09. The number of amides is 1. The number of fused-ring (bicyclic) bond motifs is 1. The van der Waals surface area contributed by atoms with Crippen molar-refractivity contribution in [2.24, 2.45) is 0 Å². The van der Waals surface area contributed by atoms with Gasteiger partial charge in [0.15, 0.2) is 5.76 Å². The highest BCUT2D eigenvalue weighted by Crippen LogP contribution is 2.33. The summed E-state index contributed by atoms with van der Waals surface area (Å²) < 4.78 is 5.01. The van der Waals surface area contributed by atoms with E-state index >= 15 is 0 Å². The topological polar surface area (TPSA) is 105 Å². The molecule has 0 aromatic carbocycles. The van der Waals surface area contributed by atoms with E-state index in [9.17, 15) is 14.9 Å². The zero-order chi connectivity index (χ0) is 17.4. The average Bonchev–Trinajstić information content (AvgIpc) is 3.29. The van der Waals surface area contributed by atoms with Crippen molar-refractivity contribution in [3.8, 4) is 0 Å². The Morgan fingerprint density at radius 1 is 1.32 bits per heavy atom. The first kappa shape index (κ1) is 15.4. The standard InChI is InChI=1S/C17H16N4O4/c22-17(14-3-4-15(25-14)21(23)24)20-8-5-11(6-9-20)13-10-19-16-12(13)2-1-7-18-16/h1-4,7,10-11H,5-6,8-9H2,(H,18,19). The number of rotatable bonds is 3. The lowest BCUT2D eigenvalue weighted by molar-refractivity contribution is -0.402. The minimum atomic E-state index is -0.645. The van der Waals surface area contributed by atoms with E-state index in [2.05, 4.69) is 9.97 Å². The van der Waals surface area contributed by atoms with Crippen LogP contribution in [-0.2, 0) is 0 Å². The second-order valence-corrected chi connectivity index (χ2v) is 6.11. The van der Waals surface area contributed by atoms with E-state index < -0.39 is 10.8 Å². The molecule has 1 fully saturated rings. The maximum atomic E-state index is 12.4. The summed E-state index contributed by atoms with van der Waals surface area (Å²) in [6.07, 6.45) is 5.41. The van der Waals surface area contributed by atoms with Crippen molar-refractivity contribution in [2.45, 2.75) is 18.8 Å². The number of aromatic amines is 1. The number of likely N-dealkylation sites (tertiary alicyclic amines) is 1. The van der Waals surface area contributed by atoms with Gasteiger partial charge in [0.1, 0.15) is 10.6 Å². The molecule has 0 unspecified atom stereocenters. The molecule has 0 saturated carbocycles. The zero-order valence-corrected chi connectivity index (χ0v) is 13.3. The van der Waals surface area contributed by atoms with Crippen LogP contribution in [0.25, 0.3) is 11.0 Å². The van der Waals surface area contributed by atoms with Gasteiger partial charge in [0.25, 0.3) is 5.91 Å². The van der Waals surface area contributed by atoms with Crippen LogP contribution in [0.4, 0.5) is 5.88 Å². The number of nitro groups is 1. The predicted molar refractivity (Wildman–Crippen MR) is 89.3 cm³/mol. The highest BCUT2D eigenvalue weighted by Gasteiger charge is 2.28. The minimum Gasteiger partial charge on any atom is -0.395 e. The van der Waals surface area contributed by atoms with E-state index in [1.165, 1.54) is 17.7 Å². The van der Waals surface area contributed by atoms with Gasteiger partial charge in [0.05, 0.1) is 6.07 Å². The molecule has 4 rings (SSSR count). The molecular weight excluding hydrogens is 324 g/mol. The van der Waals surface area contributed by atoms with E-state index in [0.29, 0.717) is 19.0 Å². The fourth-order valence-electron chi connectivity index (χ4n) is 3.41. The van der Waals surface area contributed by atoms with Crippen LogP contribution in [0.3, 0.4) is 0 Å². The molecule has 1 aliphatic heterocycles. The third-order valence-electron chi connectivity index (χ3n) is 4.69. The van der Waals surface area contributed by atoms with Gasteiger partial charge in [-0.15, -0.1) is 0 Å². The monoisotopic (exact) mass is 340 g/mol. The number of H-pyrrole nitrogens is 1. The van der Waals surface area contributed by atoms with Crippen molar-refractivity contribution < 1.29 is 14.1 Å². The number of carbonyl (C=O) groups is 1. The average molecular weight is 340 g/mol. The normalized spacial score (nSPS) is 15.6. The molecule has 1 aliphatic rings. The van der Waals surface area contributed by atoms with E-state index in [-0.39, 0.29) is 11.7 Å². The van der Waals surface area contributed by atoms with E-state index in [1.54, 1.807) is 11.1 Å². The van der Waals surface area contributed by atoms with Gasteiger partial charge in [0, 0.05) is 30.9 Å². The van der Waals surface area contributed by atoms with Gasteiger partial charge in [0.2, 0.25) is 0 Å². The summed E-state index contributed by atoms with van der Waals surface area (Å²) >= 11 is 0. The molecule has 0 atom stereocenters. The Balaban J connectivity index is 1.45. The first-order valence-corrected chi connectivity index (χ1v) is 8.09. The Morgan fingerprint density at radius 3 is 2.84 bits per heavy atom. The van der Waals surface area contributed by atoms with Crippen LogP contribution < -0.4 is 0 Å². The maximum Gasteiger partial charge on any atom is 0.433 e. The smallest absolute Gasteiger partial charge is 0.395 e. The maximum absolute atomic E-state index is 12.4. The summed E-state index contributed by atoms with van der Waals surface area (Å²) in [5, 5.41) is 11.8. The van der Waals surface area contributed by atoms with Crippen LogP contribution in [0.15, 0.2) is 41.1 Å².